The molecule has 1 aliphatic carbocycles. The zero-order valence-electron chi connectivity index (χ0n) is 11.7. The van der Waals surface area contributed by atoms with Gasteiger partial charge in [-0.2, -0.15) is 0 Å². The number of nitrogens with one attached hydrogen (secondary N) is 1. The summed E-state index contributed by atoms with van der Waals surface area (Å²) in [6, 6.07) is 11.2. The third-order valence-electron chi connectivity index (χ3n) is 4.48. The molecule has 4 heteroatoms. The Bertz CT molecular complexity index is 463. The fraction of sp³-hybridized carbons (Fsp3) is 0.562. The Morgan fingerprint density at radius 3 is 2.90 bits per heavy atom. The minimum Gasteiger partial charge on any atom is -0.465 e. The molecule has 0 spiro atoms. The topological polar surface area (TPSA) is 52.6 Å². The highest BCUT2D eigenvalue weighted by Crippen LogP contribution is 2.40. The van der Waals surface area contributed by atoms with E-state index < -0.39 is 6.09 Å². The minimum atomic E-state index is -0.775. The van der Waals surface area contributed by atoms with Crippen molar-refractivity contribution in [1.82, 2.24) is 10.2 Å². The number of amides is 1. The highest BCUT2D eigenvalue weighted by molar-refractivity contribution is 5.65. The summed E-state index contributed by atoms with van der Waals surface area (Å²) in [7, 11) is 0. The Hall–Kier alpha value is -1.55. The first-order valence-electron chi connectivity index (χ1n) is 7.50. The molecule has 0 aromatic heterocycles. The first-order valence-corrected chi connectivity index (χ1v) is 7.50. The van der Waals surface area contributed by atoms with Crippen molar-refractivity contribution in [2.75, 3.05) is 19.6 Å². The quantitative estimate of drug-likeness (QED) is 0.887. The maximum atomic E-state index is 11.0. The van der Waals surface area contributed by atoms with Crippen LogP contribution < -0.4 is 5.32 Å². The van der Waals surface area contributed by atoms with Crippen LogP contribution in [0.5, 0.6) is 0 Å². The number of nitrogens with zero attached hydrogens (tertiary/aromatic N) is 1. The molecule has 0 radical (unpaired) electrons. The third kappa shape index (κ3) is 3.12. The van der Waals surface area contributed by atoms with Crippen LogP contribution in [-0.4, -0.2) is 41.8 Å². The van der Waals surface area contributed by atoms with Gasteiger partial charge in [-0.05, 0) is 37.3 Å². The summed E-state index contributed by atoms with van der Waals surface area (Å²) in [5, 5.41) is 12.7. The molecule has 1 heterocycles. The van der Waals surface area contributed by atoms with Gasteiger partial charge in [0.1, 0.15) is 0 Å². The predicted octanol–water partition coefficient (Wildman–Crippen LogP) is 2.52. The number of likely N-dealkylation sites (tertiary alicyclic amines) is 1. The standard InChI is InChI=1S/C16H22N2O2/c19-16(20)18-8-4-5-12(11-18)10-17-15-9-14(15)13-6-2-1-3-7-13/h1-3,6-7,12,14-15,17H,4-5,8-11H2,(H,19,20). The molecule has 108 valence electrons. The van der Waals surface area contributed by atoms with Gasteiger partial charge in [-0.1, -0.05) is 30.3 Å². The van der Waals surface area contributed by atoms with E-state index in [2.05, 4.69) is 35.6 Å². The normalized spacial score (nSPS) is 29.2. The molecule has 1 aromatic rings. The van der Waals surface area contributed by atoms with Gasteiger partial charge in [-0.15, -0.1) is 0 Å². The van der Waals surface area contributed by atoms with E-state index in [9.17, 15) is 4.79 Å². The Morgan fingerprint density at radius 1 is 1.35 bits per heavy atom. The molecule has 20 heavy (non-hydrogen) atoms. The number of hydrogen-bond donors (Lipinski definition) is 2. The predicted molar refractivity (Wildman–Crippen MR) is 77.9 cm³/mol. The largest absolute Gasteiger partial charge is 0.465 e. The summed E-state index contributed by atoms with van der Waals surface area (Å²) in [4.78, 5) is 12.5. The number of hydrogen-bond acceptors (Lipinski definition) is 2. The van der Waals surface area contributed by atoms with Gasteiger partial charge in [-0.25, -0.2) is 4.79 Å². The van der Waals surface area contributed by atoms with Gasteiger partial charge < -0.3 is 15.3 Å². The Kier molecular flexibility index (Phi) is 3.92. The molecule has 3 unspecified atom stereocenters. The molecular formula is C16H22N2O2. The van der Waals surface area contributed by atoms with E-state index in [-0.39, 0.29) is 0 Å². The Balaban J connectivity index is 1.44. The van der Waals surface area contributed by atoms with Gasteiger partial charge in [0, 0.05) is 25.0 Å². The SMILES string of the molecule is O=C(O)N1CCCC(CNC2CC2c2ccccc2)C1. The maximum absolute atomic E-state index is 11.0. The van der Waals surface area contributed by atoms with Crippen molar-refractivity contribution < 1.29 is 9.90 Å². The smallest absolute Gasteiger partial charge is 0.407 e. The van der Waals surface area contributed by atoms with E-state index >= 15 is 0 Å². The molecule has 3 atom stereocenters. The second-order valence-electron chi connectivity index (χ2n) is 6.00. The summed E-state index contributed by atoms with van der Waals surface area (Å²) >= 11 is 0. The van der Waals surface area contributed by atoms with Crippen LogP contribution in [0.25, 0.3) is 0 Å². The van der Waals surface area contributed by atoms with Crippen molar-refractivity contribution in [3.05, 3.63) is 35.9 Å². The third-order valence-corrected chi connectivity index (χ3v) is 4.48. The number of carboxylic acid groups (broad SMARTS) is 1. The van der Waals surface area contributed by atoms with E-state index in [1.54, 1.807) is 4.90 Å². The molecule has 2 fully saturated rings. The van der Waals surface area contributed by atoms with E-state index in [0.717, 1.165) is 19.4 Å². The Morgan fingerprint density at radius 2 is 2.15 bits per heavy atom. The van der Waals surface area contributed by atoms with Crippen molar-refractivity contribution in [1.29, 1.82) is 0 Å². The van der Waals surface area contributed by atoms with E-state index in [0.29, 0.717) is 31.0 Å². The van der Waals surface area contributed by atoms with Crippen LogP contribution in [0.3, 0.4) is 0 Å². The highest BCUT2D eigenvalue weighted by Gasteiger charge is 2.38. The molecule has 2 aliphatic rings. The average Bonchev–Trinajstić information content (AvgIpc) is 3.26. The summed E-state index contributed by atoms with van der Waals surface area (Å²) in [5.74, 6) is 1.12. The number of piperidine rings is 1. The molecule has 4 nitrogen and oxygen atoms in total. The number of rotatable bonds is 4. The first kappa shape index (κ1) is 13.4. The summed E-state index contributed by atoms with van der Waals surface area (Å²) in [5.41, 5.74) is 1.42. The first-order chi connectivity index (χ1) is 9.74. The van der Waals surface area contributed by atoms with Crippen LogP contribution in [0.15, 0.2) is 30.3 Å². The van der Waals surface area contributed by atoms with E-state index in [1.807, 2.05) is 0 Å². The van der Waals surface area contributed by atoms with Gasteiger partial charge in [0.15, 0.2) is 0 Å². The summed E-state index contributed by atoms with van der Waals surface area (Å²) in [6.45, 7) is 2.32. The molecule has 1 aromatic carbocycles. The zero-order chi connectivity index (χ0) is 13.9. The average molecular weight is 274 g/mol. The minimum absolute atomic E-state index is 0.469. The fourth-order valence-corrected chi connectivity index (χ4v) is 3.21. The van der Waals surface area contributed by atoms with Crippen LogP contribution in [0, 0.1) is 5.92 Å². The lowest BCUT2D eigenvalue weighted by Gasteiger charge is -2.30. The molecule has 1 amide bonds. The summed E-state index contributed by atoms with van der Waals surface area (Å²) in [6.07, 6.45) is 2.56. The van der Waals surface area contributed by atoms with Crippen LogP contribution in [0.2, 0.25) is 0 Å². The van der Waals surface area contributed by atoms with Gasteiger partial charge >= 0.3 is 6.09 Å². The molecule has 1 aliphatic heterocycles. The van der Waals surface area contributed by atoms with E-state index in [1.165, 1.54) is 12.0 Å². The monoisotopic (exact) mass is 274 g/mol. The van der Waals surface area contributed by atoms with Crippen molar-refractivity contribution in [3.63, 3.8) is 0 Å². The van der Waals surface area contributed by atoms with Gasteiger partial charge in [0.05, 0.1) is 0 Å². The second-order valence-corrected chi connectivity index (χ2v) is 6.00. The lowest BCUT2D eigenvalue weighted by Crippen LogP contribution is -2.42. The number of carbonyl (C=O) groups is 1. The lowest BCUT2D eigenvalue weighted by molar-refractivity contribution is 0.119. The highest BCUT2D eigenvalue weighted by atomic mass is 16.4. The van der Waals surface area contributed by atoms with Gasteiger partial charge in [-0.3, -0.25) is 0 Å². The van der Waals surface area contributed by atoms with Crippen LogP contribution in [0.1, 0.15) is 30.7 Å². The lowest BCUT2D eigenvalue weighted by atomic mass is 9.98. The molecule has 1 saturated carbocycles. The molecular weight excluding hydrogens is 252 g/mol. The molecule has 0 bridgehead atoms. The number of benzene rings is 1. The van der Waals surface area contributed by atoms with Crippen LogP contribution in [-0.2, 0) is 0 Å². The molecule has 2 N–H and O–H groups in total. The second kappa shape index (κ2) is 5.83. The van der Waals surface area contributed by atoms with Crippen molar-refractivity contribution in [3.8, 4) is 0 Å². The van der Waals surface area contributed by atoms with Gasteiger partial charge in [0.2, 0.25) is 0 Å². The van der Waals surface area contributed by atoms with E-state index in [4.69, 9.17) is 5.11 Å². The van der Waals surface area contributed by atoms with Crippen molar-refractivity contribution in [2.24, 2.45) is 5.92 Å². The van der Waals surface area contributed by atoms with Crippen molar-refractivity contribution >= 4 is 6.09 Å². The van der Waals surface area contributed by atoms with Gasteiger partial charge in [0.25, 0.3) is 0 Å². The Labute approximate surface area is 119 Å². The molecule has 1 saturated heterocycles. The summed E-state index contributed by atoms with van der Waals surface area (Å²) < 4.78 is 0. The zero-order valence-corrected chi connectivity index (χ0v) is 11.7. The van der Waals surface area contributed by atoms with Crippen LogP contribution >= 0.6 is 0 Å². The fourth-order valence-electron chi connectivity index (χ4n) is 3.21. The van der Waals surface area contributed by atoms with Crippen LogP contribution in [0.4, 0.5) is 4.79 Å². The van der Waals surface area contributed by atoms with Crippen molar-refractivity contribution in [2.45, 2.75) is 31.2 Å². The molecule has 3 rings (SSSR count). The maximum Gasteiger partial charge on any atom is 0.407 e.